The van der Waals surface area contributed by atoms with E-state index >= 15 is 0 Å². The third-order valence-electron chi connectivity index (χ3n) is 3.10. The summed E-state index contributed by atoms with van der Waals surface area (Å²) < 4.78 is 15.1. The van der Waals surface area contributed by atoms with Crippen molar-refractivity contribution in [2.75, 3.05) is 0 Å². The molecule has 0 aliphatic rings. The topological polar surface area (TPSA) is 46.0 Å². The number of rotatable bonds is 3. The van der Waals surface area contributed by atoms with Crippen molar-refractivity contribution in [2.24, 2.45) is 5.10 Å². The molecule has 3 aromatic rings. The third kappa shape index (κ3) is 3.01. The highest BCUT2D eigenvalue weighted by Crippen LogP contribution is 2.18. The zero-order valence-corrected chi connectivity index (χ0v) is 12.6. The van der Waals surface area contributed by atoms with E-state index in [4.69, 9.17) is 12.2 Å². The molecule has 0 radical (unpaired) electrons. The molecule has 22 heavy (non-hydrogen) atoms. The normalized spacial score (nSPS) is 11.2. The van der Waals surface area contributed by atoms with Crippen molar-refractivity contribution in [3.05, 3.63) is 70.2 Å². The van der Waals surface area contributed by atoms with Crippen LogP contribution in [0.1, 0.15) is 11.1 Å². The van der Waals surface area contributed by atoms with Crippen LogP contribution < -0.4 is 0 Å². The first-order valence-electron chi connectivity index (χ1n) is 6.68. The van der Waals surface area contributed by atoms with Gasteiger partial charge in [0.05, 0.1) is 6.21 Å². The van der Waals surface area contributed by atoms with Crippen LogP contribution in [0.15, 0.2) is 53.6 Å². The van der Waals surface area contributed by atoms with E-state index in [9.17, 15) is 4.39 Å². The van der Waals surface area contributed by atoms with Gasteiger partial charge < -0.3 is 0 Å². The molecule has 0 atom stereocenters. The molecule has 1 N–H and O–H groups in total. The summed E-state index contributed by atoms with van der Waals surface area (Å²) in [6.07, 6.45) is 1.55. The quantitative estimate of drug-likeness (QED) is 0.588. The van der Waals surface area contributed by atoms with Crippen molar-refractivity contribution in [3.63, 3.8) is 0 Å². The molecular weight excluding hydrogens is 299 g/mol. The molecule has 0 aliphatic heterocycles. The lowest BCUT2D eigenvalue weighted by molar-refractivity contribution is 0.627. The Morgan fingerprint density at radius 2 is 2.05 bits per heavy atom. The number of aryl methyl sites for hydroxylation is 1. The van der Waals surface area contributed by atoms with Gasteiger partial charge in [0.1, 0.15) is 5.82 Å². The van der Waals surface area contributed by atoms with E-state index in [1.807, 2.05) is 31.2 Å². The minimum Gasteiger partial charge on any atom is -0.250 e. The molecule has 3 rings (SSSR count). The molecule has 0 saturated heterocycles. The molecule has 1 heterocycles. The maximum Gasteiger partial charge on any atom is 0.216 e. The van der Waals surface area contributed by atoms with E-state index in [2.05, 4.69) is 15.3 Å². The first-order chi connectivity index (χ1) is 10.6. The Bertz CT molecular complexity index is 895. The Labute approximate surface area is 131 Å². The highest BCUT2D eigenvalue weighted by atomic mass is 32.1. The predicted molar refractivity (Wildman–Crippen MR) is 87.0 cm³/mol. The van der Waals surface area contributed by atoms with E-state index in [-0.39, 0.29) is 5.82 Å². The average Bonchev–Trinajstić information content (AvgIpc) is 2.86. The van der Waals surface area contributed by atoms with E-state index in [1.165, 1.54) is 16.8 Å². The van der Waals surface area contributed by atoms with E-state index in [0.717, 1.165) is 11.1 Å². The lowest BCUT2D eigenvalue weighted by atomic mass is 10.1. The van der Waals surface area contributed by atoms with Gasteiger partial charge in [-0.25, -0.2) is 9.49 Å². The molecule has 0 unspecified atom stereocenters. The molecule has 0 saturated carbocycles. The zero-order valence-electron chi connectivity index (χ0n) is 11.8. The third-order valence-corrected chi connectivity index (χ3v) is 3.36. The van der Waals surface area contributed by atoms with Gasteiger partial charge >= 0.3 is 0 Å². The monoisotopic (exact) mass is 312 g/mol. The summed E-state index contributed by atoms with van der Waals surface area (Å²) in [4.78, 5) is 0. The smallest absolute Gasteiger partial charge is 0.216 e. The van der Waals surface area contributed by atoms with Crippen LogP contribution in [0.25, 0.3) is 11.4 Å². The van der Waals surface area contributed by atoms with Gasteiger partial charge in [-0.05, 0) is 42.9 Å². The first-order valence-corrected chi connectivity index (χ1v) is 7.09. The van der Waals surface area contributed by atoms with Crippen molar-refractivity contribution in [3.8, 4) is 11.4 Å². The largest absolute Gasteiger partial charge is 0.250 e. The second kappa shape index (κ2) is 6.03. The van der Waals surface area contributed by atoms with Gasteiger partial charge in [-0.1, -0.05) is 35.9 Å². The van der Waals surface area contributed by atoms with Gasteiger partial charge in [-0.15, -0.1) is 0 Å². The van der Waals surface area contributed by atoms with Gasteiger partial charge in [0, 0.05) is 5.56 Å². The molecule has 6 heteroatoms. The van der Waals surface area contributed by atoms with Crippen LogP contribution in [0, 0.1) is 17.5 Å². The lowest BCUT2D eigenvalue weighted by Crippen LogP contribution is -1.95. The van der Waals surface area contributed by atoms with Crippen molar-refractivity contribution in [1.82, 2.24) is 14.9 Å². The summed E-state index contributed by atoms with van der Waals surface area (Å²) in [5.41, 5.74) is 2.68. The average molecular weight is 312 g/mol. The Hall–Kier alpha value is -2.60. The molecule has 2 aromatic carbocycles. The number of aromatic nitrogens is 3. The fraction of sp³-hybridized carbons (Fsp3) is 0.0625. The number of benzene rings is 2. The van der Waals surface area contributed by atoms with Crippen molar-refractivity contribution in [1.29, 1.82) is 0 Å². The maximum atomic E-state index is 13.2. The fourth-order valence-corrected chi connectivity index (χ4v) is 2.26. The van der Waals surface area contributed by atoms with Gasteiger partial charge in [0.2, 0.25) is 4.77 Å². The van der Waals surface area contributed by atoms with Crippen LogP contribution in [0.5, 0.6) is 0 Å². The second-order valence-electron chi connectivity index (χ2n) is 4.83. The summed E-state index contributed by atoms with van der Waals surface area (Å²) >= 11 is 5.20. The van der Waals surface area contributed by atoms with Crippen molar-refractivity contribution >= 4 is 18.4 Å². The van der Waals surface area contributed by atoms with Crippen LogP contribution in [0.3, 0.4) is 0 Å². The zero-order chi connectivity index (χ0) is 15.5. The van der Waals surface area contributed by atoms with Gasteiger partial charge in [-0.2, -0.15) is 14.9 Å². The number of hydrogen-bond acceptors (Lipinski definition) is 3. The Morgan fingerprint density at radius 1 is 1.23 bits per heavy atom. The number of nitrogens with zero attached hydrogens (tertiary/aromatic N) is 3. The number of halogens is 1. The van der Waals surface area contributed by atoms with E-state index in [0.29, 0.717) is 16.2 Å². The second-order valence-corrected chi connectivity index (χ2v) is 5.22. The van der Waals surface area contributed by atoms with Crippen LogP contribution in [0.2, 0.25) is 0 Å². The number of aromatic amines is 1. The summed E-state index contributed by atoms with van der Waals surface area (Å²) in [5, 5.41) is 11.3. The SMILES string of the molecule is Cc1cccc(-c2n[nH]c(=S)n2/N=C\c2cccc(F)c2)c1. The minimum atomic E-state index is -0.307. The van der Waals surface area contributed by atoms with Crippen LogP contribution in [-0.2, 0) is 0 Å². The van der Waals surface area contributed by atoms with Gasteiger partial charge in [0.15, 0.2) is 5.82 Å². The molecular formula is C16H13FN4S. The molecule has 0 bridgehead atoms. The molecule has 1 aromatic heterocycles. The predicted octanol–water partition coefficient (Wildman–Crippen LogP) is 3.94. The standard InChI is InChI=1S/C16H13FN4S/c1-11-4-2-6-13(8-11)15-19-20-16(22)21(15)18-10-12-5-3-7-14(17)9-12/h2-10H,1H3,(H,20,22)/b18-10-. The van der Waals surface area contributed by atoms with Crippen molar-refractivity contribution in [2.45, 2.75) is 6.92 Å². The Balaban J connectivity index is 2.01. The highest BCUT2D eigenvalue weighted by Gasteiger charge is 2.07. The van der Waals surface area contributed by atoms with Gasteiger partial charge in [0.25, 0.3) is 0 Å². The number of H-pyrrole nitrogens is 1. The maximum absolute atomic E-state index is 13.2. The van der Waals surface area contributed by atoms with E-state index < -0.39 is 0 Å². The summed E-state index contributed by atoms with van der Waals surface area (Å²) in [7, 11) is 0. The van der Waals surface area contributed by atoms with Crippen LogP contribution in [0.4, 0.5) is 4.39 Å². The van der Waals surface area contributed by atoms with Crippen molar-refractivity contribution < 1.29 is 4.39 Å². The van der Waals surface area contributed by atoms with Gasteiger partial charge in [-0.3, -0.25) is 0 Å². The Kier molecular flexibility index (Phi) is 3.93. The van der Waals surface area contributed by atoms with Crippen LogP contribution >= 0.6 is 12.2 Å². The number of nitrogens with one attached hydrogen (secondary N) is 1. The van der Waals surface area contributed by atoms with Crippen LogP contribution in [-0.4, -0.2) is 21.1 Å². The van der Waals surface area contributed by atoms with E-state index in [1.54, 1.807) is 18.3 Å². The summed E-state index contributed by atoms with van der Waals surface area (Å²) in [5.74, 6) is 0.306. The first kappa shape index (κ1) is 14.3. The molecule has 0 spiro atoms. The lowest BCUT2D eigenvalue weighted by Gasteiger charge is -2.02. The summed E-state index contributed by atoms with van der Waals surface area (Å²) in [6.45, 7) is 2.01. The Morgan fingerprint density at radius 3 is 2.82 bits per heavy atom. The minimum absolute atomic E-state index is 0.307. The highest BCUT2D eigenvalue weighted by molar-refractivity contribution is 7.71. The molecule has 4 nitrogen and oxygen atoms in total. The molecule has 110 valence electrons. The summed E-state index contributed by atoms with van der Waals surface area (Å²) in [6, 6.07) is 14.1. The molecule has 0 aliphatic carbocycles. The fourth-order valence-electron chi connectivity index (χ4n) is 2.08. The molecule has 0 amide bonds. The molecule has 0 fully saturated rings. The number of hydrogen-bond donors (Lipinski definition) is 1.